The monoisotopic (exact) mass is 451 g/mol. The average molecular weight is 452 g/mol. The van der Waals surface area contributed by atoms with Crippen molar-refractivity contribution in [2.24, 2.45) is 5.92 Å². The van der Waals surface area contributed by atoms with Crippen LogP contribution in [0.3, 0.4) is 0 Å². The molecule has 0 amide bonds. The van der Waals surface area contributed by atoms with Crippen LogP contribution in [0.5, 0.6) is 0 Å². The van der Waals surface area contributed by atoms with Gasteiger partial charge in [0.25, 0.3) is 0 Å². The summed E-state index contributed by atoms with van der Waals surface area (Å²) < 4.78 is 25.8. The molecule has 1 atom stereocenters. The zero-order valence-electron chi connectivity index (χ0n) is 17.5. The van der Waals surface area contributed by atoms with E-state index in [2.05, 4.69) is 31.2 Å². The molecule has 2 N–H and O–H groups in total. The first kappa shape index (κ1) is 21.9. The summed E-state index contributed by atoms with van der Waals surface area (Å²) in [4.78, 5) is 8.90. The zero-order valence-corrected chi connectivity index (χ0v) is 18.4. The Bertz CT molecular complexity index is 1170. The Hall–Kier alpha value is -3.29. The van der Waals surface area contributed by atoms with Crippen molar-refractivity contribution < 1.29 is 8.42 Å². The van der Waals surface area contributed by atoms with Crippen LogP contribution in [0.1, 0.15) is 43.7 Å². The van der Waals surface area contributed by atoms with Crippen molar-refractivity contribution in [1.82, 2.24) is 24.5 Å². The second-order valence-corrected chi connectivity index (χ2v) is 8.70. The number of nitrogens with one attached hydrogen (secondary N) is 2. The minimum absolute atomic E-state index is 0.0938. The largest absolute Gasteiger partial charge is 0.324 e. The molecule has 9 nitrogen and oxygen atoms in total. The fraction of sp³-hybridized carbons (Fsp3) is 0.364. The van der Waals surface area contributed by atoms with Crippen molar-refractivity contribution in [2.75, 3.05) is 5.32 Å². The highest BCUT2D eigenvalue weighted by molar-refractivity contribution is 7.70. The fourth-order valence-electron chi connectivity index (χ4n) is 4.19. The van der Waals surface area contributed by atoms with Gasteiger partial charge in [-0.1, -0.05) is 25.0 Å². The molecule has 1 fully saturated rings. The number of anilines is 2. The summed E-state index contributed by atoms with van der Waals surface area (Å²) in [6, 6.07) is 11.6. The van der Waals surface area contributed by atoms with E-state index in [0.717, 1.165) is 35.3 Å². The van der Waals surface area contributed by atoms with E-state index in [4.69, 9.17) is 0 Å². The Morgan fingerprint density at radius 2 is 2.09 bits per heavy atom. The van der Waals surface area contributed by atoms with Gasteiger partial charge in [0.2, 0.25) is 16.8 Å². The van der Waals surface area contributed by atoms with Crippen molar-refractivity contribution in [3.05, 3.63) is 54.5 Å². The summed E-state index contributed by atoms with van der Waals surface area (Å²) in [6.45, 7) is 0.221. The lowest BCUT2D eigenvalue weighted by molar-refractivity contribution is 0.315. The maximum atomic E-state index is 10.7. The second kappa shape index (κ2) is 10.3. The first-order chi connectivity index (χ1) is 15.6. The molecule has 2 heterocycles. The molecule has 1 aromatic carbocycles. The molecule has 1 aliphatic rings. The molecule has 1 unspecified atom stereocenters. The van der Waals surface area contributed by atoms with Gasteiger partial charge in [0, 0.05) is 30.2 Å². The van der Waals surface area contributed by atoms with E-state index in [1.165, 1.54) is 12.8 Å². The summed E-state index contributed by atoms with van der Waals surface area (Å²) in [5, 5.41) is 17.0. The van der Waals surface area contributed by atoms with Crippen LogP contribution in [-0.2, 0) is 17.4 Å². The summed E-state index contributed by atoms with van der Waals surface area (Å²) >= 11 is 0. The SMILES string of the molecule is N#CCC(C1CCCC1)n1cc(-c2ccnc(Nc3cccc(CN[SH](=O)=O)c3)n2)cn1. The van der Waals surface area contributed by atoms with E-state index >= 15 is 0 Å². The number of aromatic nitrogens is 4. The molecule has 0 saturated heterocycles. The first-order valence-electron chi connectivity index (χ1n) is 10.6. The summed E-state index contributed by atoms with van der Waals surface area (Å²) in [7, 11) is -2.64. The van der Waals surface area contributed by atoms with Gasteiger partial charge in [0.05, 0.1) is 30.4 Å². The summed E-state index contributed by atoms with van der Waals surface area (Å²) in [5.41, 5.74) is 3.18. The van der Waals surface area contributed by atoms with Crippen LogP contribution < -0.4 is 10.0 Å². The average Bonchev–Trinajstić information content (AvgIpc) is 3.49. The van der Waals surface area contributed by atoms with Gasteiger partial charge < -0.3 is 5.32 Å². The number of hydrogen-bond donors (Lipinski definition) is 3. The van der Waals surface area contributed by atoms with E-state index in [0.29, 0.717) is 18.3 Å². The predicted octanol–water partition coefficient (Wildman–Crippen LogP) is 3.34. The van der Waals surface area contributed by atoms with E-state index in [1.807, 2.05) is 41.2 Å². The number of rotatable bonds is 9. The molecule has 0 radical (unpaired) electrons. The van der Waals surface area contributed by atoms with Crippen LogP contribution in [0.25, 0.3) is 11.3 Å². The Labute approximate surface area is 188 Å². The van der Waals surface area contributed by atoms with Gasteiger partial charge in [-0.15, -0.1) is 0 Å². The number of hydrogen-bond acceptors (Lipinski definition) is 7. The third kappa shape index (κ3) is 5.49. The van der Waals surface area contributed by atoms with Gasteiger partial charge in [-0.25, -0.2) is 23.1 Å². The molecule has 0 aliphatic heterocycles. The number of nitrogens with zero attached hydrogens (tertiary/aromatic N) is 5. The molecule has 2 aromatic heterocycles. The fourth-order valence-corrected chi connectivity index (χ4v) is 4.50. The normalized spacial score (nSPS) is 15.0. The molecule has 1 aliphatic carbocycles. The van der Waals surface area contributed by atoms with Crippen molar-refractivity contribution in [3.63, 3.8) is 0 Å². The Morgan fingerprint density at radius 3 is 2.88 bits per heavy atom. The van der Waals surface area contributed by atoms with Gasteiger partial charge in [-0.2, -0.15) is 10.4 Å². The summed E-state index contributed by atoms with van der Waals surface area (Å²) in [6.07, 6.45) is 10.6. The molecule has 0 spiro atoms. The number of thiol groups is 1. The van der Waals surface area contributed by atoms with Gasteiger partial charge in [-0.05, 0) is 42.5 Å². The third-order valence-corrected chi connectivity index (χ3v) is 6.15. The number of nitriles is 1. The standard InChI is InChI=1S/C22H25N7O2S/c23-10-8-21(17-5-1-2-6-17)29-15-18(14-25-29)20-9-11-24-22(28-20)27-19-7-3-4-16(12-19)13-26-32(30)31/h3-4,7,9,11-12,14-15,17,21,32H,1-2,5-6,8,13H2,(H,24,27,28)(H,26,30,31). The van der Waals surface area contributed by atoms with E-state index in [1.54, 1.807) is 12.4 Å². The lowest BCUT2D eigenvalue weighted by Gasteiger charge is -2.21. The third-order valence-electron chi connectivity index (χ3n) is 5.73. The lowest BCUT2D eigenvalue weighted by Crippen LogP contribution is -2.17. The molecule has 4 rings (SSSR count). The second-order valence-electron chi connectivity index (χ2n) is 7.87. The minimum Gasteiger partial charge on any atom is -0.324 e. The van der Waals surface area contributed by atoms with Crippen LogP contribution in [0.15, 0.2) is 48.9 Å². The predicted molar refractivity (Wildman–Crippen MR) is 121 cm³/mol. The molecule has 3 aromatic rings. The highest BCUT2D eigenvalue weighted by atomic mass is 32.2. The molecule has 1 saturated carbocycles. The smallest absolute Gasteiger partial charge is 0.227 e. The molecular formula is C22H25N7O2S. The van der Waals surface area contributed by atoms with Crippen LogP contribution >= 0.6 is 0 Å². The van der Waals surface area contributed by atoms with Crippen molar-refractivity contribution >= 4 is 22.5 Å². The summed E-state index contributed by atoms with van der Waals surface area (Å²) in [5.74, 6) is 0.922. The van der Waals surface area contributed by atoms with Gasteiger partial charge in [0.1, 0.15) is 0 Å². The van der Waals surface area contributed by atoms with Gasteiger partial charge in [0.15, 0.2) is 0 Å². The van der Waals surface area contributed by atoms with E-state index in [-0.39, 0.29) is 12.6 Å². The molecule has 32 heavy (non-hydrogen) atoms. The van der Waals surface area contributed by atoms with Crippen LogP contribution in [0.4, 0.5) is 11.6 Å². The molecule has 10 heteroatoms. The van der Waals surface area contributed by atoms with E-state index in [9.17, 15) is 13.7 Å². The maximum Gasteiger partial charge on any atom is 0.227 e. The molecule has 0 bridgehead atoms. The Morgan fingerprint density at radius 1 is 1.25 bits per heavy atom. The van der Waals surface area contributed by atoms with Crippen LogP contribution in [-0.4, -0.2) is 28.2 Å². The Balaban J connectivity index is 1.50. The van der Waals surface area contributed by atoms with Crippen molar-refractivity contribution in [2.45, 2.75) is 44.7 Å². The number of benzene rings is 1. The van der Waals surface area contributed by atoms with Crippen molar-refractivity contribution in [1.29, 1.82) is 5.26 Å². The van der Waals surface area contributed by atoms with Gasteiger partial charge >= 0.3 is 0 Å². The highest BCUT2D eigenvalue weighted by Gasteiger charge is 2.27. The first-order valence-corrected chi connectivity index (χ1v) is 11.8. The maximum absolute atomic E-state index is 10.7. The highest BCUT2D eigenvalue weighted by Crippen LogP contribution is 2.36. The topological polar surface area (TPSA) is 126 Å². The Kier molecular flexibility index (Phi) is 7.09. The quantitative estimate of drug-likeness (QED) is 0.426. The lowest BCUT2D eigenvalue weighted by atomic mass is 9.96. The zero-order chi connectivity index (χ0) is 22.3. The molecular weight excluding hydrogens is 426 g/mol. The van der Waals surface area contributed by atoms with E-state index < -0.39 is 10.9 Å². The molecule has 166 valence electrons. The van der Waals surface area contributed by atoms with Crippen LogP contribution in [0, 0.1) is 17.2 Å². The van der Waals surface area contributed by atoms with Crippen molar-refractivity contribution in [3.8, 4) is 17.3 Å². The minimum atomic E-state index is -2.64. The van der Waals surface area contributed by atoms with Crippen LogP contribution in [0.2, 0.25) is 0 Å². The van der Waals surface area contributed by atoms with Gasteiger partial charge in [-0.3, -0.25) is 4.68 Å².